The number of rotatable bonds is 3. The van der Waals surface area contributed by atoms with E-state index >= 15 is 0 Å². The second-order valence-electron chi connectivity index (χ2n) is 3.47. The molecule has 0 unspecified atom stereocenters. The maximum Gasteiger partial charge on any atom is 0.161 e. The summed E-state index contributed by atoms with van der Waals surface area (Å²) in [5.41, 5.74) is 1.22. The third-order valence-electron chi connectivity index (χ3n) is 1.66. The van der Waals surface area contributed by atoms with Gasteiger partial charge >= 0.3 is 0 Å². The average molecular weight is 195 g/mol. The van der Waals surface area contributed by atoms with E-state index in [1.807, 2.05) is 45.0 Å². The molecule has 1 aromatic rings. The standard InChI is InChI=1S/C10H14NOP/c1-8-4-6-9(7-5-8)12-10(2,3)13-11/h4-7,11H,1-3H3. The topological polar surface area (TPSA) is 33.1 Å². The molecule has 0 fully saturated rings. The number of nitrogens with one attached hydrogen (secondary N) is 1. The van der Waals surface area contributed by atoms with E-state index in [0.29, 0.717) is 8.37 Å². The van der Waals surface area contributed by atoms with Gasteiger partial charge in [0.05, 0.1) is 0 Å². The quantitative estimate of drug-likeness (QED) is 0.730. The summed E-state index contributed by atoms with van der Waals surface area (Å²) in [4.78, 5) is 0. The van der Waals surface area contributed by atoms with Gasteiger partial charge in [-0.3, -0.25) is 5.16 Å². The summed E-state index contributed by atoms with van der Waals surface area (Å²) in [6, 6.07) is 7.88. The molecule has 3 heteroatoms. The SMILES string of the molecule is Cc1ccc(OC(C)(C)P=N)cc1. The van der Waals surface area contributed by atoms with Crippen LogP contribution in [0.15, 0.2) is 24.3 Å². The number of benzene rings is 1. The van der Waals surface area contributed by atoms with Gasteiger partial charge in [-0.05, 0) is 32.9 Å². The molecule has 0 radical (unpaired) electrons. The van der Waals surface area contributed by atoms with Crippen LogP contribution in [0.4, 0.5) is 0 Å². The summed E-state index contributed by atoms with van der Waals surface area (Å²) >= 11 is 0. The van der Waals surface area contributed by atoms with Gasteiger partial charge in [-0.15, -0.1) is 0 Å². The first kappa shape index (κ1) is 10.2. The second kappa shape index (κ2) is 3.89. The van der Waals surface area contributed by atoms with E-state index in [-0.39, 0.29) is 0 Å². The third-order valence-corrected chi connectivity index (χ3v) is 2.29. The monoisotopic (exact) mass is 195 g/mol. The van der Waals surface area contributed by atoms with E-state index in [1.54, 1.807) is 0 Å². The summed E-state index contributed by atoms with van der Waals surface area (Å²) in [7, 11) is 0.494. The predicted octanol–water partition coefficient (Wildman–Crippen LogP) is 3.82. The third kappa shape index (κ3) is 3.16. The lowest BCUT2D eigenvalue weighted by molar-refractivity contribution is 0.204. The molecule has 0 bridgehead atoms. The molecule has 1 N–H and O–H groups in total. The van der Waals surface area contributed by atoms with Gasteiger partial charge in [0, 0.05) is 8.37 Å². The van der Waals surface area contributed by atoms with Crippen molar-refractivity contribution in [1.82, 2.24) is 0 Å². The molecule has 0 aromatic heterocycles. The van der Waals surface area contributed by atoms with Crippen molar-refractivity contribution in [2.45, 2.75) is 26.1 Å². The van der Waals surface area contributed by atoms with Crippen LogP contribution in [0, 0.1) is 12.1 Å². The highest BCUT2D eigenvalue weighted by Gasteiger charge is 2.16. The van der Waals surface area contributed by atoms with Gasteiger partial charge in [-0.2, -0.15) is 0 Å². The Balaban J connectivity index is 2.75. The van der Waals surface area contributed by atoms with Gasteiger partial charge in [-0.25, -0.2) is 0 Å². The maximum atomic E-state index is 7.24. The Labute approximate surface area is 80.6 Å². The van der Waals surface area contributed by atoms with E-state index < -0.39 is 5.34 Å². The number of hydrogen-bond acceptors (Lipinski definition) is 2. The highest BCUT2D eigenvalue weighted by atomic mass is 31.1. The second-order valence-corrected chi connectivity index (χ2v) is 4.77. The first-order chi connectivity index (χ1) is 6.03. The molecule has 0 aliphatic carbocycles. The summed E-state index contributed by atoms with van der Waals surface area (Å²) in [5.74, 6) is 0.829. The Hall–Kier alpha value is -0.880. The Morgan fingerprint density at radius 3 is 2.23 bits per heavy atom. The normalized spacial score (nSPS) is 11.6. The van der Waals surface area contributed by atoms with E-state index in [1.165, 1.54) is 5.56 Å². The summed E-state index contributed by atoms with van der Waals surface area (Å²) in [6.07, 6.45) is 0. The van der Waals surface area contributed by atoms with Crippen LogP contribution in [0.2, 0.25) is 0 Å². The van der Waals surface area contributed by atoms with E-state index in [9.17, 15) is 0 Å². The van der Waals surface area contributed by atoms with Crippen LogP contribution < -0.4 is 4.74 Å². The zero-order chi connectivity index (χ0) is 9.90. The average Bonchev–Trinajstić information content (AvgIpc) is 2.09. The van der Waals surface area contributed by atoms with Crippen LogP contribution in [-0.4, -0.2) is 5.34 Å². The Morgan fingerprint density at radius 1 is 1.23 bits per heavy atom. The van der Waals surface area contributed by atoms with Crippen molar-refractivity contribution in [3.8, 4) is 5.75 Å². The lowest BCUT2D eigenvalue weighted by Crippen LogP contribution is -2.19. The van der Waals surface area contributed by atoms with Gasteiger partial charge < -0.3 is 4.74 Å². The van der Waals surface area contributed by atoms with Gasteiger partial charge in [-0.1, -0.05) is 17.7 Å². The fraction of sp³-hybridized carbons (Fsp3) is 0.400. The molecule has 0 atom stereocenters. The molecule has 1 aromatic carbocycles. The first-order valence-corrected chi connectivity index (χ1v) is 5.07. The molecule has 2 nitrogen and oxygen atoms in total. The molecule has 1 rings (SSSR count). The number of hydrogen-bond donors (Lipinski definition) is 1. The predicted molar refractivity (Wildman–Crippen MR) is 55.5 cm³/mol. The van der Waals surface area contributed by atoms with E-state index in [0.717, 1.165) is 5.75 Å². The molecular weight excluding hydrogens is 181 g/mol. The molecule has 0 aliphatic heterocycles. The van der Waals surface area contributed by atoms with Crippen LogP contribution in [0.3, 0.4) is 0 Å². The number of aryl methyl sites for hydroxylation is 1. The fourth-order valence-electron chi connectivity index (χ4n) is 0.918. The minimum Gasteiger partial charge on any atom is -0.478 e. The summed E-state index contributed by atoms with van der Waals surface area (Å²) in [5, 5.41) is 6.82. The van der Waals surface area contributed by atoms with Crippen molar-refractivity contribution in [1.29, 1.82) is 5.16 Å². The molecule has 0 aliphatic rings. The Morgan fingerprint density at radius 2 is 1.77 bits per heavy atom. The zero-order valence-corrected chi connectivity index (χ0v) is 9.06. The van der Waals surface area contributed by atoms with Gasteiger partial charge in [0.2, 0.25) is 0 Å². The van der Waals surface area contributed by atoms with Gasteiger partial charge in [0.25, 0.3) is 0 Å². The molecular formula is C10H14NOP. The molecule has 0 amide bonds. The first-order valence-electron chi connectivity index (χ1n) is 4.18. The molecule has 0 spiro atoms. The zero-order valence-electron chi connectivity index (χ0n) is 8.16. The maximum absolute atomic E-state index is 7.24. The molecule has 0 saturated carbocycles. The van der Waals surface area contributed by atoms with Crippen LogP contribution in [0.25, 0.3) is 0 Å². The van der Waals surface area contributed by atoms with Crippen molar-refractivity contribution >= 4 is 8.37 Å². The van der Waals surface area contributed by atoms with Crippen LogP contribution >= 0.6 is 8.37 Å². The van der Waals surface area contributed by atoms with Crippen molar-refractivity contribution in [2.75, 3.05) is 0 Å². The largest absolute Gasteiger partial charge is 0.478 e. The van der Waals surface area contributed by atoms with Crippen molar-refractivity contribution in [2.24, 2.45) is 0 Å². The lowest BCUT2D eigenvalue weighted by Gasteiger charge is -2.20. The highest BCUT2D eigenvalue weighted by molar-refractivity contribution is 7.27. The Kier molecular flexibility index (Phi) is 3.05. The van der Waals surface area contributed by atoms with E-state index in [4.69, 9.17) is 9.90 Å². The smallest absolute Gasteiger partial charge is 0.161 e. The highest BCUT2D eigenvalue weighted by Crippen LogP contribution is 2.26. The van der Waals surface area contributed by atoms with Crippen LogP contribution in [0.5, 0.6) is 5.75 Å². The van der Waals surface area contributed by atoms with Crippen LogP contribution in [-0.2, 0) is 0 Å². The Bertz CT molecular complexity index is 292. The van der Waals surface area contributed by atoms with E-state index in [2.05, 4.69) is 0 Å². The lowest BCUT2D eigenvalue weighted by atomic mass is 10.2. The molecule has 0 saturated heterocycles. The van der Waals surface area contributed by atoms with Crippen molar-refractivity contribution in [3.63, 3.8) is 0 Å². The van der Waals surface area contributed by atoms with Gasteiger partial charge in [0.1, 0.15) is 5.75 Å². The van der Waals surface area contributed by atoms with Gasteiger partial charge in [0.15, 0.2) is 5.34 Å². The minimum absolute atomic E-state index is 0.421. The fourth-order valence-corrected chi connectivity index (χ4v) is 1.07. The van der Waals surface area contributed by atoms with Crippen molar-refractivity contribution < 1.29 is 4.74 Å². The molecule has 70 valence electrons. The summed E-state index contributed by atoms with van der Waals surface area (Å²) in [6.45, 7) is 5.85. The minimum atomic E-state index is -0.421. The number of ether oxygens (including phenoxy) is 1. The molecule has 0 heterocycles. The summed E-state index contributed by atoms with van der Waals surface area (Å²) < 4.78 is 5.61. The molecule has 13 heavy (non-hydrogen) atoms. The van der Waals surface area contributed by atoms with Crippen LogP contribution in [0.1, 0.15) is 19.4 Å². The van der Waals surface area contributed by atoms with Crippen molar-refractivity contribution in [3.05, 3.63) is 29.8 Å².